The third kappa shape index (κ3) is 3.37. The fourth-order valence-electron chi connectivity index (χ4n) is 1.42. The van der Waals surface area contributed by atoms with Crippen molar-refractivity contribution in [1.82, 2.24) is 4.98 Å². The molecule has 0 atom stereocenters. The number of nitrogens with zero attached hydrogens (tertiary/aromatic N) is 1. The molecule has 0 fully saturated rings. The zero-order valence-electron chi connectivity index (χ0n) is 9.41. The minimum atomic E-state index is 0.640. The number of para-hydroxylation sites is 1. The second-order valence-corrected chi connectivity index (χ2v) is 4.40. The first-order chi connectivity index (χ1) is 8.40. The van der Waals surface area contributed by atoms with Gasteiger partial charge in [0.1, 0.15) is 0 Å². The van der Waals surface area contributed by atoms with Crippen molar-refractivity contribution in [3.63, 3.8) is 0 Å². The van der Waals surface area contributed by atoms with Crippen LogP contribution in [0.3, 0.4) is 0 Å². The maximum atomic E-state index is 5.35. The van der Waals surface area contributed by atoms with Gasteiger partial charge in [0.05, 0.1) is 15.7 Å². The Morgan fingerprint density at radius 1 is 0.941 bits per heavy atom. The predicted octanol–water partition coefficient (Wildman–Crippen LogP) is 3.44. The zero-order chi connectivity index (χ0) is 11.9. The minimum Gasteiger partial charge on any atom is -0.326 e. The molecule has 3 rings (SSSR count). The monoisotopic (exact) mass is 242 g/mol. The molecule has 1 aromatic heterocycles. The number of hydrogen-bond donors (Lipinski definition) is 1. The minimum absolute atomic E-state index is 0.640. The standard InChI is InChI=1S/C7H5NS.C7H9N/c1-2-4-7-6(3-1)8-5-9-7;8-6-7-4-2-1-3-5-7/h1-5H;1-5H,6,8H2. The summed E-state index contributed by atoms with van der Waals surface area (Å²) in [6.07, 6.45) is 0. The van der Waals surface area contributed by atoms with Crippen molar-refractivity contribution >= 4 is 21.6 Å². The van der Waals surface area contributed by atoms with Crippen LogP contribution >= 0.6 is 11.3 Å². The Hall–Kier alpha value is -1.71. The zero-order valence-corrected chi connectivity index (χ0v) is 10.2. The highest BCUT2D eigenvalue weighted by atomic mass is 32.1. The Morgan fingerprint density at radius 2 is 1.65 bits per heavy atom. The maximum Gasteiger partial charge on any atom is 0.0812 e. The van der Waals surface area contributed by atoms with E-state index in [-0.39, 0.29) is 0 Å². The van der Waals surface area contributed by atoms with E-state index < -0.39 is 0 Å². The largest absolute Gasteiger partial charge is 0.326 e. The van der Waals surface area contributed by atoms with Crippen molar-refractivity contribution in [3.05, 3.63) is 65.7 Å². The predicted molar refractivity (Wildman–Crippen MR) is 74.0 cm³/mol. The molecule has 0 amide bonds. The van der Waals surface area contributed by atoms with Gasteiger partial charge in [-0.3, -0.25) is 0 Å². The molecule has 2 aromatic carbocycles. The Morgan fingerprint density at radius 3 is 2.29 bits per heavy atom. The van der Waals surface area contributed by atoms with Crippen LogP contribution < -0.4 is 5.73 Å². The van der Waals surface area contributed by atoms with E-state index in [9.17, 15) is 0 Å². The number of fused-ring (bicyclic) bond motifs is 1. The lowest BCUT2D eigenvalue weighted by atomic mass is 10.2. The van der Waals surface area contributed by atoms with E-state index in [1.165, 1.54) is 10.3 Å². The highest BCUT2D eigenvalue weighted by Gasteiger charge is 1.89. The van der Waals surface area contributed by atoms with Gasteiger partial charge in [-0.15, -0.1) is 11.3 Å². The van der Waals surface area contributed by atoms with Crippen molar-refractivity contribution < 1.29 is 0 Å². The summed E-state index contributed by atoms with van der Waals surface area (Å²) in [6.45, 7) is 0.640. The van der Waals surface area contributed by atoms with Gasteiger partial charge in [-0.25, -0.2) is 4.98 Å². The number of nitrogens with two attached hydrogens (primary N) is 1. The summed E-state index contributed by atoms with van der Waals surface area (Å²) < 4.78 is 1.26. The van der Waals surface area contributed by atoms with Gasteiger partial charge in [0.25, 0.3) is 0 Å². The van der Waals surface area contributed by atoms with Gasteiger partial charge in [-0.1, -0.05) is 42.5 Å². The topological polar surface area (TPSA) is 38.9 Å². The Balaban J connectivity index is 0.000000128. The number of hydrogen-bond acceptors (Lipinski definition) is 3. The van der Waals surface area contributed by atoms with Crippen LogP contribution in [-0.2, 0) is 6.54 Å². The van der Waals surface area contributed by atoms with Crippen molar-refractivity contribution in [2.75, 3.05) is 0 Å². The molecule has 0 aliphatic rings. The first-order valence-electron chi connectivity index (χ1n) is 5.42. The van der Waals surface area contributed by atoms with Crippen molar-refractivity contribution in [2.45, 2.75) is 6.54 Å². The summed E-state index contributed by atoms with van der Waals surface area (Å²) in [5.74, 6) is 0. The Bertz CT molecular complexity index is 530. The van der Waals surface area contributed by atoms with Gasteiger partial charge in [0.2, 0.25) is 0 Å². The van der Waals surface area contributed by atoms with Gasteiger partial charge >= 0.3 is 0 Å². The van der Waals surface area contributed by atoms with Crippen LogP contribution in [0.2, 0.25) is 0 Å². The second-order valence-electron chi connectivity index (χ2n) is 3.51. The highest BCUT2D eigenvalue weighted by Crippen LogP contribution is 2.15. The van der Waals surface area contributed by atoms with Gasteiger partial charge in [-0.2, -0.15) is 0 Å². The molecule has 0 radical (unpaired) electrons. The second kappa shape index (κ2) is 6.13. The van der Waals surface area contributed by atoms with E-state index in [1.54, 1.807) is 11.3 Å². The molecule has 0 saturated carbocycles. The first kappa shape index (κ1) is 11.8. The fourth-order valence-corrected chi connectivity index (χ4v) is 2.10. The SMILES string of the molecule is NCc1ccccc1.c1ccc2scnc2c1. The molecule has 0 unspecified atom stereocenters. The summed E-state index contributed by atoms with van der Waals surface area (Å²) in [5, 5.41) is 0. The Kier molecular flexibility index (Phi) is 4.24. The number of aromatic nitrogens is 1. The summed E-state index contributed by atoms with van der Waals surface area (Å²) in [5.41, 5.74) is 9.50. The van der Waals surface area contributed by atoms with Crippen LogP contribution in [0.5, 0.6) is 0 Å². The summed E-state index contributed by atoms with van der Waals surface area (Å²) in [4.78, 5) is 4.14. The quantitative estimate of drug-likeness (QED) is 0.710. The van der Waals surface area contributed by atoms with E-state index in [1.807, 2.05) is 54.0 Å². The molecule has 17 heavy (non-hydrogen) atoms. The van der Waals surface area contributed by atoms with Crippen LogP contribution in [0.15, 0.2) is 60.1 Å². The molecule has 2 N–H and O–H groups in total. The van der Waals surface area contributed by atoms with E-state index in [0.717, 1.165) is 5.52 Å². The molecule has 0 aliphatic carbocycles. The molecular weight excluding hydrogens is 228 g/mol. The number of thiazole rings is 1. The van der Waals surface area contributed by atoms with Crippen LogP contribution in [0.1, 0.15) is 5.56 Å². The maximum absolute atomic E-state index is 5.35. The molecule has 1 heterocycles. The van der Waals surface area contributed by atoms with Crippen LogP contribution in [0.25, 0.3) is 10.2 Å². The molecule has 86 valence electrons. The average Bonchev–Trinajstić information content (AvgIpc) is 2.89. The van der Waals surface area contributed by atoms with Crippen LogP contribution in [0, 0.1) is 0 Å². The molecule has 0 aliphatic heterocycles. The molecule has 3 heteroatoms. The fraction of sp³-hybridized carbons (Fsp3) is 0.0714. The molecule has 3 aromatic rings. The summed E-state index contributed by atoms with van der Waals surface area (Å²) in [7, 11) is 0. The molecule has 0 bridgehead atoms. The van der Waals surface area contributed by atoms with Gasteiger partial charge in [0, 0.05) is 6.54 Å². The third-order valence-corrected chi connectivity index (χ3v) is 3.13. The molecule has 2 nitrogen and oxygen atoms in total. The number of benzene rings is 2. The van der Waals surface area contributed by atoms with E-state index in [2.05, 4.69) is 11.1 Å². The van der Waals surface area contributed by atoms with E-state index in [0.29, 0.717) is 6.54 Å². The lowest BCUT2D eigenvalue weighted by Gasteiger charge is -1.90. The normalized spacial score (nSPS) is 9.71. The van der Waals surface area contributed by atoms with Crippen molar-refractivity contribution in [2.24, 2.45) is 5.73 Å². The van der Waals surface area contributed by atoms with Crippen molar-refractivity contribution in [1.29, 1.82) is 0 Å². The highest BCUT2D eigenvalue weighted by molar-refractivity contribution is 7.16. The third-order valence-electron chi connectivity index (χ3n) is 2.32. The smallest absolute Gasteiger partial charge is 0.0812 e. The van der Waals surface area contributed by atoms with E-state index in [4.69, 9.17) is 5.73 Å². The van der Waals surface area contributed by atoms with Gasteiger partial charge in [0.15, 0.2) is 0 Å². The summed E-state index contributed by atoms with van der Waals surface area (Å²) >= 11 is 1.68. The van der Waals surface area contributed by atoms with Crippen molar-refractivity contribution in [3.8, 4) is 0 Å². The lowest BCUT2D eigenvalue weighted by Crippen LogP contribution is -1.94. The van der Waals surface area contributed by atoms with E-state index >= 15 is 0 Å². The van der Waals surface area contributed by atoms with Gasteiger partial charge in [-0.05, 0) is 17.7 Å². The molecular formula is C14H14N2S. The number of rotatable bonds is 1. The van der Waals surface area contributed by atoms with Gasteiger partial charge < -0.3 is 5.73 Å². The Labute approximate surface area is 105 Å². The summed E-state index contributed by atoms with van der Waals surface area (Å²) in [6, 6.07) is 18.1. The average molecular weight is 242 g/mol. The van der Waals surface area contributed by atoms with Crippen LogP contribution in [-0.4, -0.2) is 4.98 Å². The first-order valence-corrected chi connectivity index (χ1v) is 6.30. The molecule has 0 spiro atoms. The van der Waals surface area contributed by atoms with Crippen LogP contribution in [0.4, 0.5) is 0 Å². The molecule has 0 saturated heterocycles. The lowest BCUT2D eigenvalue weighted by molar-refractivity contribution is 1.07.